The minimum absolute atomic E-state index is 0.307. The van der Waals surface area contributed by atoms with E-state index in [4.69, 9.17) is 0 Å². The molecule has 0 N–H and O–H groups in total. The molecule has 0 saturated heterocycles. The number of hydrogen-bond donors (Lipinski definition) is 0. The maximum atomic E-state index is 14.6. The highest BCUT2D eigenvalue weighted by molar-refractivity contribution is 5.26. The molecule has 0 aliphatic heterocycles. The van der Waals surface area contributed by atoms with Gasteiger partial charge in [0, 0.05) is 12.1 Å². The molecule has 174 valence electrons. The first-order valence-corrected chi connectivity index (χ1v) is 11.5. The molecular formula is C26H29F5O. The molecule has 4 rings (SSSR count). The van der Waals surface area contributed by atoms with Crippen LogP contribution >= 0.6 is 0 Å². The molecule has 2 aromatic rings. The van der Waals surface area contributed by atoms with Crippen LogP contribution in [-0.4, -0.2) is 6.11 Å². The number of benzene rings is 2. The summed E-state index contributed by atoms with van der Waals surface area (Å²) in [5.41, 5.74) is 2.65. The zero-order valence-corrected chi connectivity index (χ0v) is 18.2. The van der Waals surface area contributed by atoms with E-state index in [1.54, 1.807) is 0 Å². The van der Waals surface area contributed by atoms with Crippen molar-refractivity contribution in [1.82, 2.24) is 0 Å². The van der Waals surface area contributed by atoms with Gasteiger partial charge in [-0.25, -0.2) is 13.2 Å². The van der Waals surface area contributed by atoms with Crippen LogP contribution in [0.3, 0.4) is 0 Å². The molecule has 0 aromatic heterocycles. The third-order valence-corrected chi connectivity index (χ3v) is 7.45. The summed E-state index contributed by atoms with van der Waals surface area (Å²) in [7, 11) is 0. The van der Waals surface area contributed by atoms with Crippen molar-refractivity contribution >= 4 is 0 Å². The molecule has 0 spiro atoms. The van der Waals surface area contributed by atoms with Gasteiger partial charge in [0.15, 0.2) is 17.5 Å². The van der Waals surface area contributed by atoms with E-state index in [-0.39, 0.29) is 0 Å². The van der Waals surface area contributed by atoms with Gasteiger partial charge in [-0.05, 0) is 81.6 Å². The molecule has 2 aliphatic carbocycles. The number of aryl methyl sites for hydroxylation is 1. The molecule has 0 bridgehead atoms. The van der Waals surface area contributed by atoms with Crippen molar-refractivity contribution in [3.8, 4) is 5.75 Å². The van der Waals surface area contributed by atoms with Crippen LogP contribution in [0.4, 0.5) is 22.0 Å². The number of hydrogen-bond acceptors (Lipinski definition) is 1. The van der Waals surface area contributed by atoms with Gasteiger partial charge in [0.1, 0.15) is 5.75 Å². The van der Waals surface area contributed by atoms with Crippen LogP contribution in [0.2, 0.25) is 0 Å². The van der Waals surface area contributed by atoms with E-state index in [0.29, 0.717) is 55.6 Å². The second-order valence-corrected chi connectivity index (χ2v) is 9.50. The minimum atomic E-state index is -3.55. The summed E-state index contributed by atoms with van der Waals surface area (Å²) in [5.74, 6) is -4.91. The number of rotatable bonds is 5. The molecule has 0 heterocycles. The first kappa shape index (κ1) is 23.1. The minimum Gasteiger partial charge on any atom is -0.432 e. The molecule has 0 unspecified atom stereocenters. The van der Waals surface area contributed by atoms with Crippen molar-refractivity contribution in [3.63, 3.8) is 0 Å². The highest BCUT2D eigenvalue weighted by Crippen LogP contribution is 2.47. The average Bonchev–Trinajstić information content (AvgIpc) is 2.78. The Labute approximate surface area is 186 Å². The van der Waals surface area contributed by atoms with E-state index in [2.05, 4.69) is 35.9 Å². The molecule has 0 amide bonds. The predicted octanol–water partition coefficient (Wildman–Crippen LogP) is 8.16. The molecule has 32 heavy (non-hydrogen) atoms. The van der Waals surface area contributed by atoms with E-state index in [0.717, 1.165) is 25.7 Å². The van der Waals surface area contributed by atoms with Gasteiger partial charge in [0.2, 0.25) is 0 Å². The summed E-state index contributed by atoms with van der Waals surface area (Å²) < 4.78 is 73.6. The van der Waals surface area contributed by atoms with Crippen molar-refractivity contribution in [2.75, 3.05) is 0 Å². The lowest BCUT2D eigenvalue weighted by Gasteiger charge is -2.39. The molecule has 1 nitrogen and oxygen atoms in total. The van der Waals surface area contributed by atoms with Gasteiger partial charge in [-0.15, -0.1) is 0 Å². The first-order chi connectivity index (χ1) is 15.2. The summed E-state index contributed by atoms with van der Waals surface area (Å²) in [5, 5.41) is 0. The van der Waals surface area contributed by atoms with E-state index >= 15 is 0 Å². The molecular weight excluding hydrogens is 423 g/mol. The second-order valence-electron chi connectivity index (χ2n) is 9.50. The van der Waals surface area contributed by atoms with Crippen LogP contribution in [0.1, 0.15) is 68.4 Å². The van der Waals surface area contributed by atoms with Gasteiger partial charge in [-0.1, -0.05) is 29.8 Å². The Balaban J connectivity index is 1.29. The molecule has 2 aliphatic rings. The lowest BCUT2D eigenvalue weighted by atomic mass is 9.68. The quantitative estimate of drug-likeness (QED) is 0.328. The zero-order chi connectivity index (χ0) is 22.9. The van der Waals surface area contributed by atoms with Crippen LogP contribution in [0.25, 0.3) is 0 Å². The molecule has 2 aromatic carbocycles. The summed E-state index contributed by atoms with van der Waals surface area (Å²) >= 11 is 0. The Bertz CT molecular complexity index is 887. The first-order valence-electron chi connectivity index (χ1n) is 11.5. The fourth-order valence-corrected chi connectivity index (χ4v) is 5.52. The van der Waals surface area contributed by atoms with Crippen LogP contribution in [0, 0.1) is 42.1 Å². The summed E-state index contributed by atoms with van der Waals surface area (Å²) in [6.45, 7) is 2.09. The van der Waals surface area contributed by atoms with Gasteiger partial charge in [0.05, 0.1) is 5.92 Å². The fourth-order valence-electron chi connectivity index (χ4n) is 5.52. The second kappa shape index (κ2) is 9.40. The average molecular weight is 453 g/mol. The van der Waals surface area contributed by atoms with Gasteiger partial charge in [0.25, 0.3) is 0 Å². The smallest absolute Gasteiger partial charge is 0.400 e. The highest BCUT2D eigenvalue weighted by Gasteiger charge is 2.45. The maximum absolute atomic E-state index is 14.6. The maximum Gasteiger partial charge on any atom is 0.400 e. The Kier molecular flexibility index (Phi) is 6.78. The van der Waals surface area contributed by atoms with E-state index in [1.807, 2.05) is 0 Å². The Morgan fingerprint density at radius 2 is 1.25 bits per heavy atom. The predicted molar refractivity (Wildman–Crippen MR) is 113 cm³/mol. The van der Waals surface area contributed by atoms with Gasteiger partial charge >= 0.3 is 6.11 Å². The Morgan fingerprint density at radius 3 is 1.78 bits per heavy atom. The molecule has 6 heteroatoms. The summed E-state index contributed by atoms with van der Waals surface area (Å²) in [6.07, 6.45) is 2.98. The van der Waals surface area contributed by atoms with Gasteiger partial charge in [-0.2, -0.15) is 8.78 Å². The van der Waals surface area contributed by atoms with Crippen molar-refractivity contribution in [3.05, 3.63) is 65.0 Å². The van der Waals surface area contributed by atoms with E-state index < -0.39 is 35.2 Å². The third-order valence-electron chi connectivity index (χ3n) is 7.45. The number of ether oxygens (including phenoxy) is 1. The lowest BCUT2D eigenvalue weighted by molar-refractivity contribution is -0.224. The van der Waals surface area contributed by atoms with Crippen LogP contribution in [0.15, 0.2) is 36.4 Å². The SMILES string of the molecule is Cc1ccc(C2CCC(C3CCC(C(F)(F)Oc4cc(F)c(F)c(F)c4)CC3)CC2)cc1. The van der Waals surface area contributed by atoms with Crippen molar-refractivity contribution in [2.45, 2.75) is 70.3 Å². The molecule has 0 radical (unpaired) electrons. The largest absolute Gasteiger partial charge is 0.432 e. The van der Waals surface area contributed by atoms with Gasteiger partial charge in [-0.3, -0.25) is 0 Å². The summed E-state index contributed by atoms with van der Waals surface area (Å²) in [4.78, 5) is 0. The van der Waals surface area contributed by atoms with Gasteiger partial charge < -0.3 is 4.74 Å². The standard InChI is InChI=1S/C26H29F5O/c1-16-2-4-17(5-3-16)18-6-8-19(9-7-18)20-10-12-21(13-11-20)26(30,31)32-22-14-23(27)25(29)24(28)15-22/h2-5,14-15,18-21H,6-13H2,1H3. The van der Waals surface area contributed by atoms with Crippen molar-refractivity contribution in [1.29, 1.82) is 0 Å². The monoisotopic (exact) mass is 452 g/mol. The van der Waals surface area contributed by atoms with Crippen LogP contribution in [0.5, 0.6) is 5.75 Å². The normalized spacial score (nSPS) is 26.7. The van der Waals surface area contributed by atoms with Crippen molar-refractivity contribution in [2.24, 2.45) is 17.8 Å². The van der Waals surface area contributed by atoms with Crippen LogP contribution in [-0.2, 0) is 0 Å². The lowest BCUT2D eigenvalue weighted by Crippen LogP contribution is -2.38. The van der Waals surface area contributed by atoms with Crippen molar-refractivity contribution < 1.29 is 26.7 Å². The van der Waals surface area contributed by atoms with E-state index in [9.17, 15) is 22.0 Å². The third kappa shape index (κ3) is 5.10. The number of halogens is 5. The Hall–Kier alpha value is -2.11. The summed E-state index contributed by atoms with van der Waals surface area (Å²) in [6, 6.07) is 9.66. The van der Waals surface area contributed by atoms with E-state index in [1.165, 1.54) is 11.1 Å². The zero-order valence-electron chi connectivity index (χ0n) is 18.2. The highest BCUT2D eigenvalue weighted by atomic mass is 19.3. The Morgan fingerprint density at radius 1 is 0.750 bits per heavy atom. The molecule has 2 fully saturated rings. The fraction of sp³-hybridized carbons (Fsp3) is 0.538. The van der Waals surface area contributed by atoms with Crippen LogP contribution < -0.4 is 4.74 Å². The molecule has 0 atom stereocenters. The topological polar surface area (TPSA) is 9.23 Å². The number of alkyl halides is 2. The molecule has 2 saturated carbocycles.